The molecule has 0 aromatic heterocycles. The van der Waals surface area contributed by atoms with Gasteiger partial charge in [0.2, 0.25) is 0 Å². The van der Waals surface area contributed by atoms with Gasteiger partial charge in [-0.25, -0.2) is 0 Å². The second-order valence-electron chi connectivity index (χ2n) is 5.13. The van der Waals surface area contributed by atoms with E-state index in [1.165, 1.54) is 7.11 Å². The van der Waals surface area contributed by atoms with Crippen LogP contribution in [0.25, 0.3) is 0 Å². The highest BCUT2D eigenvalue weighted by molar-refractivity contribution is 6.09. The van der Waals surface area contributed by atoms with Crippen molar-refractivity contribution in [2.24, 2.45) is 11.8 Å². The van der Waals surface area contributed by atoms with Gasteiger partial charge in [0.15, 0.2) is 5.78 Å². The van der Waals surface area contributed by atoms with Crippen LogP contribution >= 0.6 is 0 Å². The average Bonchev–Trinajstić information content (AvgIpc) is 2.48. The van der Waals surface area contributed by atoms with E-state index in [0.29, 0.717) is 24.8 Å². The number of Topliss-reactive ketones (excluding diaryl/α,β-unsaturated/α-hetero) is 2. The minimum absolute atomic E-state index is 0.121. The smallest absolute Gasteiger partial charge is 0.316 e. The lowest BCUT2D eigenvalue weighted by Crippen LogP contribution is -2.35. The number of benzene rings is 1. The molecule has 0 spiro atoms. The predicted octanol–water partition coefficient (Wildman–Crippen LogP) is 2.42. The number of carbonyl (C=O) groups excluding carboxylic acids is 3. The number of rotatable bonds is 4. The molecule has 1 aromatic rings. The van der Waals surface area contributed by atoms with Crippen LogP contribution in [0.2, 0.25) is 0 Å². The summed E-state index contributed by atoms with van der Waals surface area (Å²) in [6.45, 7) is 0. The summed E-state index contributed by atoms with van der Waals surface area (Å²) in [6, 6.07) is 8.70. The number of carbonyl (C=O) groups is 3. The first-order valence-electron chi connectivity index (χ1n) is 6.82. The Hall–Kier alpha value is -1.97. The van der Waals surface area contributed by atoms with Crippen LogP contribution in [-0.4, -0.2) is 24.6 Å². The molecular weight excluding hydrogens is 256 g/mol. The van der Waals surface area contributed by atoms with E-state index in [0.717, 1.165) is 6.42 Å². The molecule has 2 unspecified atom stereocenters. The Morgan fingerprint density at radius 1 is 1.25 bits per heavy atom. The van der Waals surface area contributed by atoms with Crippen molar-refractivity contribution in [1.29, 1.82) is 0 Å². The highest BCUT2D eigenvalue weighted by Gasteiger charge is 2.38. The molecule has 1 saturated carbocycles. The first-order chi connectivity index (χ1) is 9.63. The summed E-state index contributed by atoms with van der Waals surface area (Å²) in [5.41, 5.74) is 0.487. The Morgan fingerprint density at radius 2 is 1.95 bits per heavy atom. The van der Waals surface area contributed by atoms with E-state index in [9.17, 15) is 14.4 Å². The molecule has 0 amide bonds. The van der Waals surface area contributed by atoms with Gasteiger partial charge in [0, 0.05) is 18.4 Å². The molecule has 2 atom stereocenters. The van der Waals surface area contributed by atoms with E-state index in [4.69, 9.17) is 4.74 Å². The molecule has 0 N–H and O–H groups in total. The van der Waals surface area contributed by atoms with E-state index in [1.807, 2.05) is 6.07 Å². The lowest BCUT2D eigenvalue weighted by Gasteiger charge is -2.26. The van der Waals surface area contributed by atoms with Gasteiger partial charge in [-0.2, -0.15) is 0 Å². The summed E-state index contributed by atoms with van der Waals surface area (Å²) in [6.07, 6.45) is 2.28. The maximum absolute atomic E-state index is 12.5. The third kappa shape index (κ3) is 3.13. The van der Waals surface area contributed by atoms with Gasteiger partial charge in [-0.3, -0.25) is 14.4 Å². The number of methoxy groups -OCH3 is 1. The zero-order chi connectivity index (χ0) is 14.5. The van der Waals surface area contributed by atoms with Gasteiger partial charge in [0.25, 0.3) is 0 Å². The SMILES string of the molecule is COC(=O)C(C(=O)c1ccccc1)C1CCCC(=O)C1. The summed E-state index contributed by atoms with van der Waals surface area (Å²) in [5.74, 6) is -1.78. The number of ketones is 2. The van der Waals surface area contributed by atoms with E-state index >= 15 is 0 Å². The van der Waals surface area contributed by atoms with Crippen LogP contribution in [0.1, 0.15) is 36.0 Å². The Labute approximate surface area is 118 Å². The quantitative estimate of drug-likeness (QED) is 0.480. The predicted molar refractivity (Wildman–Crippen MR) is 73.2 cm³/mol. The Kier molecular flexibility index (Phi) is 4.66. The first-order valence-corrected chi connectivity index (χ1v) is 6.82. The van der Waals surface area contributed by atoms with Gasteiger partial charge in [-0.1, -0.05) is 30.3 Å². The van der Waals surface area contributed by atoms with Crippen LogP contribution in [0.3, 0.4) is 0 Å². The molecule has 4 heteroatoms. The van der Waals surface area contributed by atoms with Crippen LogP contribution in [0, 0.1) is 11.8 Å². The molecule has 0 heterocycles. The second-order valence-corrected chi connectivity index (χ2v) is 5.13. The highest BCUT2D eigenvalue weighted by atomic mass is 16.5. The molecule has 0 saturated heterocycles. The van der Waals surface area contributed by atoms with Crippen molar-refractivity contribution in [3.63, 3.8) is 0 Å². The topological polar surface area (TPSA) is 60.4 Å². The van der Waals surface area contributed by atoms with Gasteiger partial charge < -0.3 is 4.74 Å². The molecule has 20 heavy (non-hydrogen) atoms. The molecule has 1 aliphatic carbocycles. The van der Waals surface area contributed by atoms with Crippen LogP contribution in [-0.2, 0) is 14.3 Å². The standard InChI is InChI=1S/C16H18O4/c1-20-16(19)14(12-8-5-9-13(17)10-12)15(18)11-6-3-2-4-7-11/h2-4,6-7,12,14H,5,8-10H2,1H3. The highest BCUT2D eigenvalue weighted by Crippen LogP contribution is 2.31. The molecule has 1 aromatic carbocycles. The molecule has 0 aliphatic heterocycles. The fourth-order valence-corrected chi connectivity index (χ4v) is 2.77. The maximum Gasteiger partial charge on any atom is 0.316 e. The molecule has 0 radical (unpaired) electrons. The van der Waals surface area contributed by atoms with Crippen molar-refractivity contribution in [3.05, 3.63) is 35.9 Å². The normalized spacial score (nSPS) is 20.2. The molecule has 106 valence electrons. The van der Waals surface area contributed by atoms with Gasteiger partial charge in [0.05, 0.1) is 7.11 Å². The number of hydrogen-bond donors (Lipinski definition) is 0. The van der Waals surface area contributed by atoms with Gasteiger partial charge >= 0.3 is 5.97 Å². The van der Waals surface area contributed by atoms with Crippen molar-refractivity contribution in [2.45, 2.75) is 25.7 Å². The van der Waals surface area contributed by atoms with Crippen LogP contribution < -0.4 is 0 Å². The van der Waals surface area contributed by atoms with E-state index in [-0.39, 0.29) is 17.5 Å². The lowest BCUT2D eigenvalue weighted by atomic mass is 9.76. The Balaban J connectivity index is 2.25. The molecular formula is C16H18O4. The fourth-order valence-electron chi connectivity index (χ4n) is 2.77. The van der Waals surface area contributed by atoms with Crippen molar-refractivity contribution >= 4 is 17.5 Å². The van der Waals surface area contributed by atoms with Crippen LogP contribution in [0.5, 0.6) is 0 Å². The van der Waals surface area contributed by atoms with Crippen LogP contribution in [0.4, 0.5) is 0 Å². The van der Waals surface area contributed by atoms with Gasteiger partial charge in [-0.15, -0.1) is 0 Å². The lowest BCUT2D eigenvalue weighted by molar-refractivity contribution is -0.146. The van der Waals surface area contributed by atoms with Gasteiger partial charge in [0.1, 0.15) is 11.7 Å². The number of ether oxygens (including phenoxy) is 1. The third-order valence-electron chi connectivity index (χ3n) is 3.79. The van der Waals surface area contributed by atoms with Crippen molar-refractivity contribution in [2.75, 3.05) is 7.11 Å². The molecule has 1 aliphatic rings. The molecule has 2 rings (SSSR count). The van der Waals surface area contributed by atoms with E-state index in [1.54, 1.807) is 24.3 Å². The van der Waals surface area contributed by atoms with Crippen LogP contribution in [0.15, 0.2) is 30.3 Å². The van der Waals surface area contributed by atoms with E-state index in [2.05, 4.69) is 0 Å². The second kappa shape index (κ2) is 6.46. The van der Waals surface area contributed by atoms with Crippen molar-refractivity contribution in [3.8, 4) is 0 Å². The summed E-state index contributed by atoms with van der Waals surface area (Å²) in [4.78, 5) is 36.1. The number of esters is 1. The summed E-state index contributed by atoms with van der Waals surface area (Å²) in [5, 5.41) is 0. The number of hydrogen-bond acceptors (Lipinski definition) is 4. The molecule has 1 fully saturated rings. The largest absolute Gasteiger partial charge is 0.468 e. The average molecular weight is 274 g/mol. The zero-order valence-electron chi connectivity index (χ0n) is 11.5. The Morgan fingerprint density at radius 3 is 2.55 bits per heavy atom. The molecule has 4 nitrogen and oxygen atoms in total. The summed E-state index contributed by atoms with van der Waals surface area (Å²) < 4.78 is 4.77. The summed E-state index contributed by atoms with van der Waals surface area (Å²) >= 11 is 0. The maximum atomic E-state index is 12.5. The first kappa shape index (κ1) is 14.4. The van der Waals surface area contributed by atoms with E-state index < -0.39 is 11.9 Å². The van der Waals surface area contributed by atoms with Crippen molar-refractivity contribution in [1.82, 2.24) is 0 Å². The minimum Gasteiger partial charge on any atom is -0.468 e. The fraction of sp³-hybridized carbons (Fsp3) is 0.438. The van der Waals surface area contributed by atoms with Crippen molar-refractivity contribution < 1.29 is 19.1 Å². The van der Waals surface area contributed by atoms with Gasteiger partial charge in [-0.05, 0) is 18.8 Å². The summed E-state index contributed by atoms with van der Waals surface area (Å²) in [7, 11) is 1.28. The Bertz CT molecular complexity index is 506. The minimum atomic E-state index is -0.869. The monoisotopic (exact) mass is 274 g/mol. The third-order valence-corrected chi connectivity index (χ3v) is 3.79. The molecule has 0 bridgehead atoms. The zero-order valence-corrected chi connectivity index (χ0v) is 11.5.